The van der Waals surface area contributed by atoms with Crippen molar-refractivity contribution in [2.45, 2.75) is 5.75 Å². The Hall–Kier alpha value is -0.0665. The molecule has 1 aromatic carbocycles. The van der Waals surface area contributed by atoms with Gasteiger partial charge in [-0.1, -0.05) is 30.3 Å². The molecule has 7 heteroatoms. The second kappa shape index (κ2) is 6.42. The zero-order valence-corrected chi connectivity index (χ0v) is 9.52. The zero-order valence-electron chi connectivity index (χ0n) is 6.90. The van der Waals surface area contributed by atoms with Crippen LogP contribution >= 0.6 is 12.0 Å². The largest absolute Gasteiger partial charge is 0.408 e. The smallest absolute Gasteiger partial charge is 0.263 e. The van der Waals surface area contributed by atoms with Crippen molar-refractivity contribution >= 4 is 22.4 Å². The molecule has 0 radical (unpaired) electrons. The van der Waals surface area contributed by atoms with Crippen LogP contribution in [0.5, 0.6) is 0 Å². The summed E-state index contributed by atoms with van der Waals surface area (Å²) in [5, 5.41) is 0. The van der Waals surface area contributed by atoms with E-state index in [0.717, 1.165) is 5.56 Å². The summed E-state index contributed by atoms with van der Waals surface area (Å²) in [5.74, 6) is 0.376. The van der Waals surface area contributed by atoms with Gasteiger partial charge >= 0.3 is 10.4 Å². The third-order valence-electron chi connectivity index (χ3n) is 1.20. The number of rotatable bonds is 4. The van der Waals surface area contributed by atoms with E-state index in [0.29, 0.717) is 17.8 Å². The SMILES string of the molecule is O=S(=O)(O)OSCc1ccccc1.[Ni]. The van der Waals surface area contributed by atoms with Gasteiger partial charge in [-0.15, -0.1) is 0 Å². The summed E-state index contributed by atoms with van der Waals surface area (Å²) in [5.41, 5.74) is 0.927. The van der Waals surface area contributed by atoms with Crippen LogP contribution in [0.2, 0.25) is 0 Å². The van der Waals surface area contributed by atoms with Crippen molar-refractivity contribution in [2.75, 3.05) is 0 Å². The summed E-state index contributed by atoms with van der Waals surface area (Å²) < 4.78 is 32.6. The first-order valence-corrected chi connectivity index (χ1v) is 5.68. The van der Waals surface area contributed by atoms with Gasteiger partial charge in [0.1, 0.15) is 0 Å². The molecular formula is C7H8NiO4S2. The first kappa shape index (κ1) is 13.9. The molecule has 1 aromatic rings. The van der Waals surface area contributed by atoms with Crippen molar-refractivity contribution in [3.63, 3.8) is 0 Å². The molecular weight excluding hydrogens is 271 g/mol. The Bertz CT molecular complexity index is 351. The molecule has 0 spiro atoms. The Kier molecular flexibility index (Phi) is 6.39. The molecule has 14 heavy (non-hydrogen) atoms. The summed E-state index contributed by atoms with van der Waals surface area (Å²) in [7, 11) is -4.33. The fourth-order valence-corrected chi connectivity index (χ4v) is 1.73. The Morgan fingerprint density at radius 1 is 1.29 bits per heavy atom. The maximum absolute atomic E-state index is 10.1. The van der Waals surface area contributed by atoms with Gasteiger partial charge in [-0.05, 0) is 5.56 Å². The van der Waals surface area contributed by atoms with E-state index in [9.17, 15) is 8.42 Å². The van der Waals surface area contributed by atoms with Gasteiger partial charge in [0.05, 0.1) is 0 Å². The number of hydrogen-bond donors (Lipinski definition) is 1. The number of benzene rings is 1. The van der Waals surface area contributed by atoms with E-state index in [1.165, 1.54) is 0 Å². The quantitative estimate of drug-likeness (QED) is 0.515. The van der Waals surface area contributed by atoms with Gasteiger partial charge in [0.15, 0.2) is 0 Å². The Morgan fingerprint density at radius 3 is 2.36 bits per heavy atom. The summed E-state index contributed by atoms with van der Waals surface area (Å²) in [6.07, 6.45) is 0. The second-order valence-electron chi connectivity index (χ2n) is 2.24. The molecule has 82 valence electrons. The van der Waals surface area contributed by atoms with Gasteiger partial charge in [0, 0.05) is 34.3 Å². The summed E-state index contributed by atoms with van der Waals surface area (Å²) in [6.45, 7) is 0. The molecule has 0 saturated heterocycles. The molecule has 4 nitrogen and oxygen atoms in total. The fraction of sp³-hybridized carbons (Fsp3) is 0.143. The van der Waals surface area contributed by atoms with Crippen LogP contribution in [-0.2, 0) is 36.3 Å². The van der Waals surface area contributed by atoms with Crippen LogP contribution in [-0.4, -0.2) is 13.0 Å². The maximum atomic E-state index is 10.1. The van der Waals surface area contributed by atoms with E-state index in [1.54, 1.807) is 0 Å². The van der Waals surface area contributed by atoms with Crippen LogP contribution in [0.1, 0.15) is 5.56 Å². The topological polar surface area (TPSA) is 63.6 Å². The average Bonchev–Trinajstić information content (AvgIpc) is 2.04. The van der Waals surface area contributed by atoms with E-state index in [2.05, 4.69) is 3.63 Å². The first-order valence-electron chi connectivity index (χ1n) is 3.40. The molecule has 0 saturated carbocycles. The van der Waals surface area contributed by atoms with Crippen molar-refractivity contribution in [3.8, 4) is 0 Å². The molecule has 0 heterocycles. The van der Waals surface area contributed by atoms with E-state index in [-0.39, 0.29) is 16.5 Å². The predicted molar refractivity (Wildman–Crippen MR) is 50.4 cm³/mol. The van der Waals surface area contributed by atoms with Crippen molar-refractivity contribution in [1.29, 1.82) is 0 Å². The molecule has 0 aliphatic rings. The van der Waals surface area contributed by atoms with Crippen LogP contribution in [0, 0.1) is 0 Å². The molecule has 0 bridgehead atoms. The molecule has 0 aliphatic heterocycles. The third-order valence-corrected chi connectivity index (χ3v) is 2.73. The van der Waals surface area contributed by atoms with Crippen molar-refractivity contribution < 1.29 is 33.1 Å². The molecule has 0 amide bonds. The van der Waals surface area contributed by atoms with Crippen LogP contribution in [0.15, 0.2) is 30.3 Å². The van der Waals surface area contributed by atoms with E-state index in [4.69, 9.17) is 4.55 Å². The van der Waals surface area contributed by atoms with Crippen molar-refractivity contribution in [2.24, 2.45) is 0 Å². The summed E-state index contributed by atoms with van der Waals surface area (Å²) >= 11 is 0.675. The molecule has 1 rings (SSSR count). The third kappa shape index (κ3) is 6.40. The van der Waals surface area contributed by atoms with E-state index in [1.807, 2.05) is 30.3 Å². The second-order valence-corrected chi connectivity index (χ2v) is 4.17. The van der Waals surface area contributed by atoms with Gasteiger partial charge in [-0.25, -0.2) is 0 Å². The van der Waals surface area contributed by atoms with Crippen molar-refractivity contribution in [3.05, 3.63) is 35.9 Å². The van der Waals surface area contributed by atoms with Crippen LogP contribution in [0.25, 0.3) is 0 Å². The van der Waals surface area contributed by atoms with Gasteiger partial charge in [-0.2, -0.15) is 12.0 Å². The van der Waals surface area contributed by atoms with Crippen LogP contribution in [0.3, 0.4) is 0 Å². The molecule has 1 N–H and O–H groups in total. The van der Waals surface area contributed by atoms with E-state index < -0.39 is 10.4 Å². The predicted octanol–water partition coefficient (Wildman–Crippen LogP) is 1.65. The first-order chi connectivity index (χ1) is 6.08. The van der Waals surface area contributed by atoms with Crippen LogP contribution < -0.4 is 0 Å². The monoisotopic (exact) mass is 278 g/mol. The Labute approximate surface area is 97.1 Å². The Morgan fingerprint density at radius 2 is 1.86 bits per heavy atom. The van der Waals surface area contributed by atoms with E-state index >= 15 is 0 Å². The minimum Gasteiger partial charge on any atom is -0.263 e. The minimum absolute atomic E-state index is 0. The molecule has 0 aromatic heterocycles. The van der Waals surface area contributed by atoms with Gasteiger partial charge in [0.2, 0.25) is 0 Å². The molecule has 0 fully saturated rings. The molecule has 0 atom stereocenters. The molecule has 0 unspecified atom stereocenters. The van der Waals surface area contributed by atoms with Gasteiger partial charge in [0.25, 0.3) is 0 Å². The normalized spacial score (nSPS) is 10.6. The maximum Gasteiger partial charge on any atom is 0.408 e. The fourth-order valence-electron chi connectivity index (χ4n) is 0.727. The number of hydrogen-bond acceptors (Lipinski definition) is 4. The molecule has 0 aliphatic carbocycles. The standard InChI is InChI=1S/C7H8O4S2.Ni/c8-13(9,10)11-12-6-7-4-2-1-3-5-7;/h1-5H,6H2,(H,8,9,10);. The van der Waals surface area contributed by atoms with Gasteiger partial charge < -0.3 is 0 Å². The average molecular weight is 279 g/mol. The zero-order chi connectivity index (χ0) is 9.73. The van der Waals surface area contributed by atoms with Gasteiger partial charge in [-0.3, -0.25) is 4.55 Å². The Balaban J connectivity index is 0.00000169. The summed E-state index contributed by atoms with van der Waals surface area (Å²) in [4.78, 5) is 0. The van der Waals surface area contributed by atoms with Crippen LogP contribution in [0.4, 0.5) is 0 Å². The van der Waals surface area contributed by atoms with Crippen molar-refractivity contribution in [1.82, 2.24) is 0 Å². The minimum atomic E-state index is -4.33. The summed E-state index contributed by atoms with van der Waals surface area (Å²) in [6, 6.07) is 9.20.